The minimum atomic E-state index is -3.93. The molecule has 0 bridgehead atoms. The van der Waals surface area contributed by atoms with Crippen molar-refractivity contribution in [2.45, 2.75) is 4.90 Å². The van der Waals surface area contributed by atoms with E-state index in [2.05, 4.69) is 4.72 Å². The van der Waals surface area contributed by atoms with Crippen molar-refractivity contribution >= 4 is 43.8 Å². The van der Waals surface area contributed by atoms with Gasteiger partial charge in [0.15, 0.2) is 0 Å². The molecular weight excluding hydrogens is 352 g/mol. The minimum absolute atomic E-state index is 0.0426. The van der Waals surface area contributed by atoms with E-state index < -0.39 is 14.9 Å². The van der Waals surface area contributed by atoms with Crippen molar-refractivity contribution in [3.8, 4) is 0 Å². The van der Waals surface area contributed by atoms with E-state index in [1.165, 1.54) is 24.3 Å². The number of hydrogen-bond donors (Lipinski definition) is 1. The van der Waals surface area contributed by atoms with Gasteiger partial charge in [-0.2, -0.15) is 0 Å². The Bertz CT molecular complexity index is 1050. The monoisotopic (exact) mass is 362 g/mol. The highest BCUT2D eigenvalue weighted by Gasteiger charge is 2.18. The number of rotatable bonds is 4. The summed E-state index contributed by atoms with van der Waals surface area (Å²) in [5.41, 5.74) is -0.297. The van der Waals surface area contributed by atoms with Gasteiger partial charge < -0.3 is 0 Å². The molecule has 3 aromatic carbocycles. The van der Waals surface area contributed by atoms with Crippen molar-refractivity contribution in [2.24, 2.45) is 0 Å². The van der Waals surface area contributed by atoms with Crippen LogP contribution in [-0.2, 0) is 10.0 Å². The van der Waals surface area contributed by atoms with Gasteiger partial charge in [-0.1, -0.05) is 41.9 Å². The molecule has 0 aromatic heterocycles. The highest BCUT2D eigenvalue weighted by atomic mass is 35.5. The lowest BCUT2D eigenvalue weighted by molar-refractivity contribution is -0.384. The number of nitro groups is 1. The van der Waals surface area contributed by atoms with Gasteiger partial charge in [-0.05, 0) is 29.0 Å². The summed E-state index contributed by atoms with van der Waals surface area (Å²) < 4.78 is 27.4. The number of hydrogen-bond acceptors (Lipinski definition) is 4. The molecule has 0 amide bonds. The lowest BCUT2D eigenvalue weighted by Gasteiger charge is -2.10. The van der Waals surface area contributed by atoms with E-state index >= 15 is 0 Å². The summed E-state index contributed by atoms with van der Waals surface area (Å²) in [6, 6.07) is 15.6. The molecule has 8 heteroatoms. The zero-order valence-corrected chi connectivity index (χ0v) is 13.7. The smallest absolute Gasteiger partial charge is 0.271 e. The second-order valence-electron chi connectivity index (χ2n) is 5.04. The fourth-order valence-electron chi connectivity index (χ4n) is 2.24. The van der Waals surface area contributed by atoms with Crippen LogP contribution >= 0.6 is 11.6 Å². The average Bonchev–Trinajstić information content (AvgIpc) is 2.56. The van der Waals surface area contributed by atoms with Crippen molar-refractivity contribution in [1.82, 2.24) is 0 Å². The highest BCUT2D eigenvalue weighted by Crippen LogP contribution is 2.29. The summed E-state index contributed by atoms with van der Waals surface area (Å²) in [7, 11) is -3.93. The van der Waals surface area contributed by atoms with Gasteiger partial charge in [0, 0.05) is 12.1 Å². The maximum absolute atomic E-state index is 12.5. The van der Waals surface area contributed by atoms with Crippen LogP contribution in [0.25, 0.3) is 10.8 Å². The molecular formula is C16H11ClN2O4S. The maximum atomic E-state index is 12.5. The molecule has 0 saturated heterocycles. The van der Waals surface area contributed by atoms with Crippen molar-refractivity contribution < 1.29 is 13.3 Å². The number of sulfonamides is 1. The lowest BCUT2D eigenvalue weighted by Crippen LogP contribution is -2.13. The van der Waals surface area contributed by atoms with Crippen molar-refractivity contribution in [3.05, 3.63) is 75.8 Å². The van der Waals surface area contributed by atoms with Crippen LogP contribution in [0, 0.1) is 10.1 Å². The summed E-state index contributed by atoms with van der Waals surface area (Å²) >= 11 is 5.94. The molecule has 3 aromatic rings. The van der Waals surface area contributed by atoms with Crippen LogP contribution in [0.1, 0.15) is 0 Å². The summed E-state index contributed by atoms with van der Waals surface area (Å²) in [6.45, 7) is 0. The van der Waals surface area contributed by atoms with E-state index in [1.807, 2.05) is 18.2 Å². The van der Waals surface area contributed by atoms with Crippen LogP contribution in [0.5, 0.6) is 0 Å². The zero-order valence-electron chi connectivity index (χ0n) is 12.1. The van der Waals surface area contributed by atoms with Crippen LogP contribution in [0.4, 0.5) is 11.4 Å². The number of nitrogens with zero attached hydrogens (tertiary/aromatic N) is 1. The molecule has 0 spiro atoms. The Morgan fingerprint density at radius 2 is 1.67 bits per heavy atom. The molecule has 3 rings (SSSR count). The fourth-order valence-corrected chi connectivity index (χ4v) is 3.57. The molecule has 1 N–H and O–H groups in total. The van der Waals surface area contributed by atoms with Crippen LogP contribution in [0.3, 0.4) is 0 Å². The van der Waals surface area contributed by atoms with E-state index in [1.54, 1.807) is 12.1 Å². The first kappa shape index (κ1) is 16.2. The number of anilines is 1. The number of nitrogens with one attached hydrogen (secondary N) is 1. The quantitative estimate of drug-likeness (QED) is 0.556. The summed E-state index contributed by atoms with van der Waals surface area (Å²) in [6.07, 6.45) is 0. The summed E-state index contributed by atoms with van der Waals surface area (Å²) in [5, 5.41) is 12.6. The standard InChI is InChI=1S/C16H11ClN2O4S/c17-15-8-6-13(19(20)21)10-16(15)18-24(22,23)14-7-5-11-3-1-2-4-12(11)9-14/h1-10,18H. The number of halogens is 1. The Morgan fingerprint density at radius 3 is 2.38 bits per heavy atom. The van der Waals surface area contributed by atoms with Gasteiger partial charge in [0.2, 0.25) is 0 Å². The number of non-ortho nitro benzene ring substituents is 1. The van der Waals surface area contributed by atoms with Crippen LogP contribution < -0.4 is 4.72 Å². The maximum Gasteiger partial charge on any atom is 0.271 e. The zero-order chi connectivity index (χ0) is 17.3. The molecule has 0 fully saturated rings. The van der Waals surface area contributed by atoms with Gasteiger partial charge in [-0.25, -0.2) is 8.42 Å². The molecule has 0 unspecified atom stereocenters. The predicted octanol–water partition coefficient (Wildman–Crippen LogP) is 4.20. The Morgan fingerprint density at radius 1 is 0.958 bits per heavy atom. The third-order valence-corrected chi connectivity index (χ3v) is 5.13. The fraction of sp³-hybridized carbons (Fsp3) is 0. The normalized spacial score (nSPS) is 11.4. The van der Waals surface area contributed by atoms with E-state index in [0.717, 1.165) is 16.8 Å². The molecule has 122 valence electrons. The van der Waals surface area contributed by atoms with Crippen LogP contribution in [-0.4, -0.2) is 13.3 Å². The molecule has 0 radical (unpaired) electrons. The number of nitro benzene ring substituents is 1. The molecule has 0 aliphatic carbocycles. The van der Waals surface area contributed by atoms with Gasteiger partial charge in [0.25, 0.3) is 15.7 Å². The van der Waals surface area contributed by atoms with Crippen molar-refractivity contribution in [2.75, 3.05) is 4.72 Å². The van der Waals surface area contributed by atoms with Gasteiger partial charge in [0.1, 0.15) is 0 Å². The predicted molar refractivity (Wildman–Crippen MR) is 92.9 cm³/mol. The highest BCUT2D eigenvalue weighted by molar-refractivity contribution is 7.92. The molecule has 0 aliphatic rings. The van der Waals surface area contributed by atoms with E-state index in [9.17, 15) is 18.5 Å². The molecule has 0 aliphatic heterocycles. The first-order valence-electron chi connectivity index (χ1n) is 6.82. The van der Waals surface area contributed by atoms with E-state index in [0.29, 0.717) is 0 Å². The minimum Gasteiger partial charge on any atom is -0.278 e. The third kappa shape index (κ3) is 3.17. The van der Waals surface area contributed by atoms with Crippen LogP contribution in [0.15, 0.2) is 65.6 Å². The first-order valence-corrected chi connectivity index (χ1v) is 8.68. The van der Waals surface area contributed by atoms with Gasteiger partial charge in [-0.3, -0.25) is 14.8 Å². The Balaban J connectivity index is 2.01. The topological polar surface area (TPSA) is 89.3 Å². The van der Waals surface area contributed by atoms with E-state index in [4.69, 9.17) is 11.6 Å². The second-order valence-corrected chi connectivity index (χ2v) is 7.13. The number of fused-ring (bicyclic) bond motifs is 1. The van der Waals surface area contributed by atoms with Crippen LogP contribution in [0.2, 0.25) is 5.02 Å². The Labute approximate surface area is 142 Å². The summed E-state index contributed by atoms with van der Waals surface area (Å²) in [5.74, 6) is 0. The molecule has 24 heavy (non-hydrogen) atoms. The first-order chi connectivity index (χ1) is 11.4. The van der Waals surface area contributed by atoms with Crippen molar-refractivity contribution in [3.63, 3.8) is 0 Å². The second kappa shape index (κ2) is 6.10. The Kier molecular flexibility index (Phi) is 4.13. The van der Waals surface area contributed by atoms with Crippen molar-refractivity contribution in [1.29, 1.82) is 0 Å². The van der Waals surface area contributed by atoms with E-state index in [-0.39, 0.29) is 21.3 Å². The largest absolute Gasteiger partial charge is 0.278 e. The summed E-state index contributed by atoms with van der Waals surface area (Å²) in [4.78, 5) is 10.3. The third-order valence-electron chi connectivity index (χ3n) is 3.44. The van der Waals surface area contributed by atoms with Gasteiger partial charge in [0.05, 0.1) is 20.5 Å². The number of benzene rings is 3. The Hall–Kier alpha value is -2.64. The lowest BCUT2D eigenvalue weighted by atomic mass is 10.1. The molecule has 6 nitrogen and oxygen atoms in total. The molecule has 0 heterocycles. The van der Waals surface area contributed by atoms with Gasteiger partial charge >= 0.3 is 0 Å². The molecule has 0 atom stereocenters. The van der Waals surface area contributed by atoms with Gasteiger partial charge in [-0.15, -0.1) is 0 Å². The SMILES string of the molecule is O=[N+]([O-])c1ccc(Cl)c(NS(=O)(=O)c2ccc3ccccc3c2)c1. The molecule has 0 saturated carbocycles. The average molecular weight is 363 g/mol.